The molecule has 0 aromatic carbocycles. The van der Waals surface area contributed by atoms with Gasteiger partial charge in [0.05, 0.1) is 4.87 Å². The normalized spacial score (nSPS) is 46.6. The van der Waals surface area contributed by atoms with Crippen LogP contribution in [-0.4, -0.2) is 16.7 Å². The zero-order valence-electron chi connectivity index (χ0n) is 8.81. The van der Waals surface area contributed by atoms with E-state index < -0.39 is 0 Å². The minimum absolute atomic E-state index is 0.476. The summed E-state index contributed by atoms with van der Waals surface area (Å²) in [4.78, 5) is 0.476. The average molecular weight is 199 g/mol. The zero-order chi connectivity index (χ0) is 9.31. The fourth-order valence-electron chi connectivity index (χ4n) is 2.51. The maximum Gasteiger partial charge on any atom is 0.0647 e. The van der Waals surface area contributed by atoms with E-state index in [1.807, 2.05) is 0 Å². The molecule has 2 fully saturated rings. The monoisotopic (exact) mass is 199 g/mol. The highest BCUT2D eigenvalue weighted by Crippen LogP contribution is 2.42. The SMILES string of the molecule is CC1CCC2(CC1)NC(C)CCS2. The van der Waals surface area contributed by atoms with Gasteiger partial charge in [-0.3, -0.25) is 0 Å². The van der Waals surface area contributed by atoms with E-state index in [0.29, 0.717) is 4.87 Å². The number of rotatable bonds is 0. The van der Waals surface area contributed by atoms with Crippen LogP contribution in [0.15, 0.2) is 0 Å². The summed E-state index contributed by atoms with van der Waals surface area (Å²) in [6, 6.07) is 0.745. The second-order valence-corrected chi connectivity index (χ2v) is 6.34. The molecular formula is C11H21NS. The summed E-state index contributed by atoms with van der Waals surface area (Å²) in [5.74, 6) is 2.33. The Morgan fingerprint density at radius 2 is 1.85 bits per heavy atom. The van der Waals surface area contributed by atoms with Crippen molar-refractivity contribution in [2.75, 3.05) is 5.75 Å². The molecule has 76 valence electrons. The molecule has 0 aromatic heterocycles. The molecule has 1 spiro atoms. The van der Waals surface area contributed by atoms with Crippen LogP contribution >= 0.6 is 11.8 Å². The first-order chi connectivity index (χ1) is 6.20. The largest absolute Gasteiger partial charge is 0.300 e. The van der Waals surface area contributed by atoms with Gasteiger partial charge in [0.1, 0.15) is 0 Å². The van der Waals surface area contributed by atoms with E-state index in [2.05, 4.69) is 30.9 Å². The van der Waals surface area contributed by atoms with Crippen molar-refractivity contribution >= 4 is 11.8 Å². The maximum absolute atomic E-state index is 3.82. The third-order valence-electron chi connectivity index (χ3n) is 3.52. The molecule has 0 amide bonds. The molecule has 1 unspecified atom stereocenters. The topological polar surface area (TPSA) is 12.0 Å². The summed E-state index contributed by atoms with van der Waals surface area (Å²) in [6.45, 7) is 4.73. The summed E-state index contributed by atoms with van der Waals surface area (Å²) < 4.78 is 0. The van der Waals surface area contributed by atoms with E-state index in [4.69, 9.17) is 0 Å². The van der Waals surface area contributed by atoms with Crippen molar-refractivity contribution in [3.8, 4) is 0 Å². The number of thioether (sulfide) groups is 1. The van der Waals surface area contributed by atoms with Gasteiger partial charge in [-0.1, -0.05) is 6.92 Å². The standard InChI is InChI=1S/C11H21NS/c1-9-3-6-11(7-4-9)12-10(2)5-8-13-11/h9-10,12H,3-8H2,1-2H3. The quantitative estimate of drug-likeness (QED) is 0.643. The fraction of sp³-hybridized carbons (Fsp3) is 1.00. The number of nitrogens with one attached hydrogen (secondary N) is 1. The molecule has 1 atom stereocenters. The van der Waals surface area contributed by atoms with Crippen molar-refractivity contribution in [3.05, 3.63) is 0 Å². The molecule has 0 radical (unpaired) electrons. The second-order valence-electron chi connectivity index (χ2n) is 4.86. The van der Waals surface area contributed by atoms with Crippen LogP contribution in [0.3, 0.4) is 0 Å². The first-order valence-corrected chi connectivity index (χ1v) is 6.60. The van der Waals surface area contributed by atoms with Crippen LogP contribution in [0, 0.1) is 5.92 Å². The molecule has 0 bridgehead atoms. The van der Waals surface area contributed by atoms with Crippen molar-refractivity contribution in [1.29, 1.82) is 0 Å². The Bertz CT molecular complexity index is 173. The lowest BCUT2D eigenvalue weighted by molar-refractivity contribution is 0.255. The molecular weight excluding hydrogens is 178 g/mol. The lowest BCUT2D eigenvalue weighted by atomic mass is 9.86. The van der Waals surface area contributed by atoms with Crippen LogP contribution in [0.5, 0.6) is 0 Å². The van der Waals surface area contributed by atoms with E-state index in [0.717, 1.165) is 12.0 Å². The van der Waals surface area contributed by atoms with Gasteiger partial charge in [-0.15, -0.1) is 11.8 Å². The van der Waals surface area contributed by atoms with E-state index in [1.54, 1.807) is 0 Å². The Hall–Kier alpha value is 0.310. The zero-order valence-corrected chi connectivity index (χ0v) is 9.62. The highest BCUT2D eigenvalue weighted by atomic mass is 32.2. The molecule has 1 aliphatic heterocycles. The highest BCUT2D eigenvalue weighted by molar-refractivity contribution is 8.00. The van der Waals surface area contributed by atoms with Gasteiger partial charge in [0, 0.05) is 6.04 Å². The fourth-order valence-corrected chi connectivity index (χ4v) is 4.18. The Morgan fingerprint density at radius 3 is 2.46 bits per heavy atom. The van der Waals surface area contributed by atoms with Crippen LogP contribution in [0.2, 0.25) is 0 Å². The van der Waals surface area contributed by atoms with Gasteiger partial charge < -0.3 is 5.32 Å². The van der Waals surface area contributed by atoms with Gasteiger partial charge >= 0.3 is 0 Å². The maximum atomic E-state index is 3.82. The summed E-state index contributed by atoms with van der Waals surface area (Å²) >= 11 is 2.18. The Kier molecular flexibility index (Phi) is 2.89. The molecule has 1 heterocycles. The molecule has 1 aliphatic carbocycles. The minimum atomic E-state index is 0.476. The Balaban J connectivity index is 1.95. The number of hydrogen-bond donors (Lipinski definition) is 1. The van der Waals surface area contributed by atoms with Crippen LogP contribution in [-0.2, 0) is 0 Å². The average Bonchev–Trinajstić information content (AvgIpc) is 2.11. The van der Waals surface area contributed by atoms with Gasteiger partial charge in [0.25, 0.3) is 0 Å². The van der Waals surface area contributed by atoms with E-state index in [1.165, 1.54) is 37.9 Å². The van der Waals surface area contributed by atoms with Gasteiger partial charge in [-0.2, -0.15) is 0 Å². The van der Waals surface area contributed by atoms with Crippen molar-refractivity contribution in [1.82, 2.24) is 5.32 Å². The Morgan fingerprint density at radius 1 is 1.15 bits per heavy atom. The van der Waals surface area contributed by atoms with Gasteiger partial charge in [0.2, 0.25) is 0 Å². The van der Waals surface area contributed by atoms with Crippen molar-refractivity contribution < 1.29 is 0 Å². The molecule has 1 nitrogen and oxygen atoms in total. The molecule has 1 N–H and O–H groups in total. The van der Waals surface area contributed by atoms with Crippen LogP contribution < -0.4 is 5.32 Å². The minimum Gasteiger partial charge on any atom is -0.300 e. The van der Waals surface area contributed by atoms with E-state index >= 15 is 0 Å². The molecule has 2 heteroatoms. The van der Waals surface area contributed by atoms with Gasteiger partial charge in [-0.05, 0) is 50.7 Å². The van der Waals surface area contributed by atoms with Crippen LogP contribution in [0.1, 0.15) is 46.0 Å². The third-order valence-corrected chi connectivity index (χ3v) is 5.04. The summed E-state index contributed by atoms with van der Waals surface area (Å²) in [7, 11) is 0. The lowest BCUT2D eigenvalue weighted by Gasteiger charge is -2.45. The summed E-state index contributed by atoms with van der Waals surface area (Å²) in [5, 5.41) is 3.82. The molecule has 13 heavy (non-hydrogen) atoms. The lowest BCUT2D eigenvalue weighted by Crippen LogP contribution is -2.52. The van der Waals surface area contributed by atoms with E-state index in [-0.39, 0.29) is 0 Å². The first-order valence-electron chi connectivity index (χ1n) is 5.62. The first kappa shape index (κ1) is 9.85. The Labute approximate surface area is 86.0 Å². The molecule has 2 aliphatic rings. The summed E-state index contributed by atoms with van der Waals surface area (Å²) in [6.07, 6.45) is 6.98. The predicted octanol–water partition coefficient (Wildman–Crippen LogP) is 3.01. The molecule has 1 saturated heterocycles. The number of hydrogen-bond acceptors (Lipinski definition) is 2. The van der Waals surface area contributed by atoms with Gasteiger partial charge in [-0.25, -0.2) is 0 Å². The van der Waals surface area contributed by atoms with Crippen molar-refractivity contribution in [3.63, 3.8) is 0 Å². The molecule has 0 aromatic rings. The second kappa shape index (κ2) is 3.82. The highest BCUT2D eigenvalue weighted by Gasteiger charge is 2.37. The summed E-state index contributed by atoms with van der Waals surface area (Å²) in [5.41, 5.74) is 0. The van der Waals surface area contributed by atoms with Crippen LogP contribution in [0.4, 0.5) is 0 Å². The van der Waals surface area contributed by atoms with Crippen LogP contribution in [0.25, 0.3) is 0 Å². The van der Waals surface area contributed by atoms with Gasteiger partial charge in [0.15, 0.2) is 0 Å². The predicted molar refractivity (Wildman–Crippen MR) is 60.0 cm³/mol. The van der Waals surface area contributed by atoms with Crippen molar-refractivity contribution in [2.24, 2.45) is 5.92 Å². The molecule has 2 rings (SSSR count). The smallest absolute Gasteiger partial charge is 0.0647 e. The third kappa shape index (κ3) is 2.21. The van der Waals surface area contributed by atoms with E-state index in [9.17, 15) is 0 Å². The van der Waals surface area contributed by atoms with Crippen molar-refractivity contribution in [2.45, 2.75) is 56.9 Å². The molecule has 1 saturated carbocycles.